The Morgan fingerprint density at radius 3 is 0.706 bits per heavy atom. The third-order valence-electron chi connectivity index (χ3n) is 4.50. The first-order valence-electron chi connectivity index (χ1n) is 10.7. The van der Waals surface area contributed by atoms with Gasteiger partial charge in [-0.05, 0) is 0 Å². The number of benzene rings is 4. The van der Waals surface area contributed by atoms with Crippen LogP contribution < -0.4 is 12.5 Å². The quantitative estimate of drug-likeness (QED) is 0.267. The minimum atomic E-state index is -1.08. The second kappa shape index (κ2) is 16.9. The third kappa shape index (κ3) is 13.7. The summed E-state index contributed by atoms with van der Waals surface area (Å²) in [5.41, 5.74) is 0. The molecule has 0 amide bonds. The molecule has 0 aromatic heterocycles. The Morgan fingerprint density at radius 1 is 0.382 bits per heavy atom. The predicted octanol–water partition coefficient (Wildman–Crippen LogP) is 1.57. The monoisotopic (exact) mass is 1130 g/mol. The molecule has 0 saturated carbocycles. The van der Waals surface area contributed by atoms with Crippen LogP contribution in [-0.4, -0.2) is 120 Å². The molecule has 0 spiro atoms. The van der Waals surface area contributed by atoms with Crippen LogP contribution in [0.4, 0.5) is 0 Å². The maximum atomic E-state index is 3.24. The number of hydrogen-bond acceptors (Lipinski definition) is 0. The van der Waals surface area contributed by atoms with E-state index in [2.05, 4.69) is 196 Å². The number of hydrogen-bond donors (Lipinski definition) is 0. The molecule has 0 fully saturated rings. The van der Waals surface area contributed by atoms with E-state index in [9.17, 15) is 0 Å². The molecular formula is C26H26Pb2Se4Si2. The molecule has 0 atom stereocenters. The van der Waals surface area contributed by atoms with Crippen LogP contribution in [0.5, 0.6) is 0 Å². The second-order valence-corrected chi connectivity index (χ2v) is 66.5. The molecule has 0 nitrogen and oxygen atoms in total. The van der Waals surface area contributed by atoms with E-state index in [4.69, 9.17) is 0 Å². The summed E-state index contributed by atoms with van der Waals surface area (Å²) in [5.74, 6) is 0. The van der Waals surface area contributed by atoms with E-state index < -0.39 is 58.1 Å². The molecule has 0 aliphatic heterocycles. The Morgan fingerprint density at radius 2 is 0.559 bits per heavy atom. The fraction of sp³-hybridized carbons (Fsp3) is 0.0769. The molecule has 4 aromatic rings. The van der Waals surface area contributed by atoms with Crippen molar-refractivity contribution in [2.45, 2.75) is 13.1 Å². The van der Waals surface area contributed by atoms with Crippen molar-refractivity contribution >= 4 is 132 Å². The first-order valence-corrected chi connectivity index (χ1v) is 34.4. The molecule has 4 aromatic carbocycles. The van der Waals surface area contributed by atoms with Gasteiger partial charge in [-0.3, -0.25) is 0 Å². The first-order chi connectivity index (χ1) is 16.1. The molecule has 0 bridgehead atoms. The topological polar surface area (TPSA) is 0 Å². The van der Waals surface area contributed by atoms with Crippen LogP contribution in [-0.2, 0) is 0 Å². The molecule has 4 rings (SSSR count). The molecule has 34 heavy (non-hydrogen) atoms. The molecule has 0 aliphatic carbocycles. The predicted molar refractivity (Wildman–Crippen MR) is 162 cm³/mol. The summed E-state index contributed by atoms with van der Waals surface area (Å²) < 4.78 is 6.25. The SMILES string of the molecule is C[Si]([Se])([Se])[Si](C)([Se])[Se].c1cc[c]([Pb][c]2ccccc2)cc1.c1cc[c]([Pb][c]2ccccc2)cc1. The first kappa shape index (κ1) is 31.5. The Kier molecular flexibility index (Phi) is 15.7. The zero-order valence-corrected chi connectivity index (χ0v) is 35.8. The van der Waals surface area contributed by atoms with Crippen LogP contribution >= 0.6 is 0 Å². The van der Waals surface area contributed by atoms with Crippen molar-refractivity contribution in [2.24, 2.45) is 0 Å². The summed E-state index contributed by atoms with van der Waals surface area (Å²) in [6.07, 6.45) is 0. The minimum absolute atomic E-state index is 0.740. The summed E-state index contributed by atoms with van der Waals surface area (Å²) in [6, 6.07) is 43.3. The van der Waals surface area contributed by atoms with Crippen molar-refractivity contribution in [2.75, 3.05) is 0 Å². The summed E-state index contributed by atoms with van der Waals surface area (Å²) in [5, 5.41) is 0. The summed E-state index contributed by atoms with van der Waals surface area (Å²) in [7, 11) is 0. The summed E-state index contributed by atoms with van der Waals surface area (Å²) in [6.45, 7) is 4.60. The van der Waals surface area contributed by atoms with E-state index in [1.165, 1.54) is 0 Å². The van der Waals surface area contributed by atoms with Gasteiger partial charge in [-0.25, -0.2) is 0 Å². The van der Waals surface area contributed by atoms with Crippen LogP contribution in [0.2, 0.25) is 13.1 Å². The van der Waals surface area contributed by atoms with E-state index in [0.29, 0.717) is 0 Å². The van der Waals surface area contributed by atoms with Crippen LogP contribution in [0.3, 0.4) is 0 Å². The van der Waals surface area contributed by atoms with Crippen molar-refractivity contribution in [3.63, 3.8) is 0 Å². The average Bonchev–Trinajstić information content (AvgIpc) is 2.81. The fourth-order valence-electron chi connectivity index (χ4n) is 2.42. The molecule has 0 N–H and O–H groups in total. The van der Waals surface area contributed by atoms with Gasteiger partial charge in [-0.15, -0.1) is 0 Å². The second-order valence-electron chi connectivity index (χ2n) is 7.61. The van der Waals surface area contributed by atoms with Gasteiger partial charge in [0.2, 0.25) is 0 Å². The van der Waals surface area contributed by atoms with Crippen molar-refractivity contribution in [3.05, 3.63) is 121 Å². The Bertz CT molecular complexity index is 894. The van der Waals surface area contributed by atoms with E-state index in [1.54, 1.807) is 12.5 Å². The summed E-state index contributed by atoms with van der Waals surface area (Å²) >= 11 is 11.5. The van der Waals surface area contributed by atoms with E-state index in [1.807, 2.05) is 0 Å². The van der Waals surface area contributed by atoms with Gasteiger partial charge in [-0.2, -0.15) is 0 Å². The van der Waals surface area contributed by atoms with E-state index in [0.717, 1.165) is 0 Å². The van der Waals surface area contributed by atoms with Gasteiger partial charge in [-0.1, -0.05) is 0 Å². The average molecular weight is 1120 g/mol. The van der Waals surface area contributed by atoms with Crippen molar-refractivity contribution < 1.29 is 0 Å². The molecular weight excluding hydrogens is 1100 g/mol. The van der Waals surface area contributed by atoms with Crippen LogP contribution in [0.15, 0.2) is 121 Å². The van der Waals surface area contributed by atoms with Gasteiger partial charge in [0.15, 0.2) is 0 Å². The van der Waals surface area contributed by atoms with Crippen molar-refractivity contribution in [1.29, 1.82) is 0 Å². The van der Waals surface area contributed by atoms with Gasteiger partial charge < -0.3 is 0 Å². The van der Waals surface area contributed by atoms with Gasteiger partial charge in [0.25, 0.3) is 0 Å². The molecule has 0 heterocycles. The molecule has 170 valence electrons. The van der Waals surface area contributed by atoms with Crippen molar-refractivity contribution in [3.8, 4) is 0 Å². The molecule has 0 aliphatic rings. The Labute approximate surface area is 262 Å². The molecule has 8 radical (unpaired) electrons. The van der Waals surface area contributed by atoms with Gasteiger partial charge in [0, 0.05) is 0 Å². The zero-order chi connectivity index (χ0) is 24.9. The standard InChI is InChI=1S/4C6H5.C2H6Se4Si2.2Pb/c4*1-2-4-6-5-3-1;1-7(3,4)8(2,5)6;;/h4*1-5H;1-2H3;;. The van der Waals surface area contributed by atoms with Crippen LogP contribution in [0, 0.1) is 0 Å². The number of rotatable bonds is 5. The maximum absolute atomic E-state index is 3.24. The normalized spacial score (nSPS) is 10.9. The van der Waals surface area contributed by atoms with Crippen molar-refractivity contribution in [1.82, 2.24) is 0 Å². The van der Waals surface area contributed by atoms with Gasteiger partial charge >= 0.3 is 266 Å². The molecule has 0 saturated heterocycles. The van der Waals surface area contributed by atoms with Crippen LogP contribution in [0.25, 0.3) is 0 Å². The van der Waals surface area contributed by atoms with Gasteiger partial charge in [0.1, 0.15) is 0 Å². The van der Waals surface area contributed by atoms with Gasteiger partial charge in [0.05, 0.1) is 0 Å². The van der Waals surface area contributed by atoms with E-state index >= 15 is 0 Å². The van der Waals surface area contributed by atoms with E-state index in [-0.39, 0.29) is 0 Å². The molecule has 0 unspecified atom stereocenters. The fourth-order valence-corrected chi connectivity index (χ4v) is 10.6. The Hall–Kier alpha value is 1.24. The Balaban J connectivity index is 0.000000187. The zero-order valence-electron chi connectivity index (χ0n) is 19.2. The third-order valence-corrected chi connectivity index (χ3v) is 75.2. The molecule has 8 heteroatoms. The van der Waals surface area contributed by atoms with Crippen LogP contribution in [0.1, 0.15) is 0 Å². The summed E-state index contributed by atoms with van der Waals surface area (Å²) in [4.78, 5) is -2.16.